The van der Waals surface area contributed by atoms with Crippen LogP contribution in [0.1, 0.15) is 53.6 Å². The van der Waals surface area contributed by atoms with Crippen molar-refractivity contribution < 1.29 is 27.5 Å². The number of amides is 1. The number of carbonyl (C=O) groups is 2. The first kappa shape index (κ1) is 23.7. The second-order valence-electron chi connectivity index (χ2n) is 6.85. The number of aromatic nitrogens is 1. The third-order valence-corrected chi connectivity index (χ3v) is 4.53. The number of hydrogen-bond acceptors (Lipinski definition) is 4. The van der Waals surface area contributed by atoms with Crippen LogP contribution in [0.5, 0.6) is 5.75 Å². The van der Waals surface area contributed by atoms with Crippen molar-refractivity contribution in [1.82, 2.24) is 10.3 Å². The number of rotatable bonds is 8. The Kier molecular flexibility index (Phi) is 7.83. The zero-order valence-corrected chi connectivity index (χ0v) is 17.5. The molecule has 0 radical (unpaired) electrons. The van der Waals surface area contributed by atoms with Gasteiger partial charge in [-0.15, -0.1) is 0 Å². The van der Waals surface area contributed by atoms with Crippen molar-refractivity contribution in [3.05, 3.63) is 57.9 Å². The lowest BCUT2D eigenvalue weighted by Gasteiger charge is -2.17. The SMILES string of the molecule is CCC(=O)Cc1cc(C(=O)NC(C)c2ccc(OCC(F)(F)F)c(Cl)c2)cc(C)n1. The summed E-state index contributed by atoms with van der Waals surface area (Å²) < 4.78 is 41.6. The van der Waals surface area contributed by atoms with Gasteiger partial charge in [-0.1, -0.05) is 24.6 Å². The van der Waals surface area contributed by atoms with Crippen LogP contribution in [0.2, 0.25) is 5.02 Å². The Morgan fingerprint density at radius 3 is 2.53 bits per heavy atom. The van der Waals surface area contributed by atoms with Crippen LogP contribution < -0.4 is 10.1 Å². The second kappa shape index (κ2) is 9.93. The molecule has 0 aliphatic heterocycles. The third kappa shape index (κ3) is 7.02. The van der Waals surface area contributed by atoms with E-state index in [2.05, 4.69) is 15.0 Å². The molecule has 162 valence electrons. The molecule has 1 unspecified atom stereocenters. The first-order chi connectivity index (χ1) is 14.0. The van der Waals surface area contributed by atoms with E-state index in [0.29, 0.717) is 28.9 Å². The summed E-state index contributed by atoms with van der Waals surface area (Å²) in [6.45, 7) is 3.77. The molecule has 1 aromatic heterocycles. The number of carbonyl (C=O) groups excluding carboxylic acids is 2. The van der Waals surface area contributed by atoms with Gasteiger partial charge in [-0.2, -0.15) is 13.2 Å². The molecule has 2 rings (SSSR count). The molecule has 0 aliphatic carbocycles. The Hall–Kier alpha value is -2.61. The Morgan fingerprint density at radius 1 is 1.23 bits per heavy atom. The molecule has 0 saturated carbocycles. The molecule has 0 fully saturated rings. The molecular weight excluding hydrogens is 421 g/mol. The highest BCUT2D eigenvalue weighted by Gasteiger charge is 2.28. The molecule has 1 amide bonds. The van der Waals surface area contributed by atoms with Crippen molar-refractivity contribution in [2.45, 2.75) is 45.8 Å². The van der Waals surface area contributed by atoms with Gasteiger partial charge >= 0.3 is 6.18 Å². The lowest BCUT2D eigenvalue weighted by molar-refractivity contribution is -0.153. The lowest BCUT2D eigenvalue weighted by atomic mass is 10.1. The summed E-state index contributed by atoms with van der Waals surface area (Å²) in [5.41, 5.74) is 2.10. The smallest absolute Gasteiger partial charge is 0.422 e. The molecule has 1 N–H and O–H groups in total. The van der Waals surface area contributed by atoms with E-state index in [1.54, 1.807) is 32.9 Å². The van der Waals surface area contributed by atoms with E-state index in [4.69, 9.17) is 11.6 Å². The normalized spacial score (nSPS) is 12.4. The van der Waals surface area contributed by atoms with Gasteiger partial charge in [0.15, 0.2) is 6.61 Å². The number of pyridine rings is 1. The average molecular weight is 443 g/mol. The molecule has 0 bridgehead atoms. The molecule has 5 nitrogen and oxygen atoms in total. The van der Waals surface area contributed by atoms with E-state index in [9.17, 15) is 22.8 Å². The van der Waals surface area contributed by atoms with Gasteiger partial charge in [0.1, 0.15) is 11.5 Å². The van der Waals surface area contributed by atoms with E-state index < -0.39 is 18.8 Å². The molecule has 9 heteroatoms. The maximum absolute atomic E-state index is 12.6. The maximum Gasteiger partial charge on any atom is 0.422 e. The van der Waals surface area contributed by atoms with Gasteiger partial charge in [-0.25, -0.2) is 0 Å². The number of Topliss-reactive ketones (excluding diaryl/α,β-unsaturated/α-hetero) is 1. The second-order valence-corrected chi connectivity index (χ2v) is 7.25. The standard InChI is InChI=1S/C21H22ClF3N2O3/c1-4-17(28)10-16-8-15(7-12(2)26-16)20(29)27-13(3)14-5-6-19(18(22)9-14)30-11-21(23,24)25/h5-9,13H,4,10-11H2,1-3H3,(H,27,29). The highest BCUT2D eigenvalue weighted by Crippen LogP contribution is 2.29. The summed E-state index contributed by atoms with van der Waals surface area (Å²) in [5.74, 6) is -0.437. The molecule has 0 spiro atoms. The van der Waals surface area contributed by atoms with Crippen molar-refractivity contribution in [3.8, 4) is 5.75 Å². The summed E-state index contributed by atoms with van der Waals surface area (Å²) in [6.07, 6.45) is -3.92. The van der Waals surface area contributed by atoms with Gasteiger partial charge in [-0.05, 0) is 43.7 Å². The van der Waals surface area contributed by atoms with Crippen molar-refractivity contribution in [1.29, 1.82) is 0 Å². The number of halogens is 4. The fourth-order valence-corrected chi connectivity index (χ4v) is 2.96. The van der Waals surface area contributed by atoms with E-state index in [1.165, 1.54) is 18.2 Å². The minimum Gasteiger partial charge on any atom is -0.483 e. The largest absolute Gasteiger partial charge is 0.483 e. The monoisotopic (exact) mass is 442 g/mol. The zero-order chi connectivity index (χ0) is 22.5. The first-order valence-electron chi connectivity index (χ1n) is 9.27. The van der Waals surface area contributed by atoms with E-state index in [-0.39, 0.29) is 28.9 Å². The van der Waals surface area contributed by atoms with Gasteiger partial charge in [0, 0.05) is 29.8 Å². The molecule has 30 heavy (non-hydrogen) atoms. The summed E-state index contributed by atoms with van der Waals surface area (Å²) in [7, 11) is 0. The van der Waals surface area contributed by atoms with E-state index in [0.717, 1.165) is 0 Å². The Bertz CT molecular complexity index is 932. The van der Waals surface area contributed by atoms with Crippen molar-refractivity contribution in [3.63, 3.8) is 0 Å². The number of hydrogen-bond donors (Lipinski definition) is 1. The minimum absolute atomic E-state index is 0.0120. The van der Waals surface area contributed by atoms with Crippen molar-refractivity contribution >= 4 is 23.3 Å². The number of aryl methyl sites for hydroxylation is 1. The molecule has 1 heterocycles. The molecule has 1 atom stereocenters. The third-order valence-electron chi connectivity index (χ3n) is 4.24. The fourth-order valence-electron chi connectivity index (χ4n) is 2.71. The summed E-state index contributed by atoms with van der Waals surface area (Å²) in [5, 5.41) is 2.82. The lowest BCUT2D eigenvalue weighted by Crippen LogP contribution is -2.27. The van der Waals surface area contributed by atoms with Crippen molar-refractivity contribution in [2.75, 3.05) is 6.61 Å². The highest BCUT2D eigenvalue weighted by atomic mass is 35.5. The van der Waals surface area contributed by atoms with Crippen LogP contribution in [0.4, 0.5) is 13.2 Å². The van der Waals surface area contributed by atoms with Crippen LogP contribution in [-0.2, 0) is 11.2 Å². The first-order valence-corrected chi connectivity index (χ1v) is 9.65. The van der Waals surface area contributed by atoms with Crippen LogP contribution >= 0.6 is 11.6 Å². The van der Waals surface area contributed by atoms with Crippen molar-refractivity contribution in [2.24, 2.45) is 0 Å². The van der Waals surface area contributed by atoms with Crippen LogP contribution in [-0.4, -0.2) is 29.5 Å². The quantitative estimate of drug-likeness (QED) is 0.625. The Labute approximate surface area is 177 Å². The molecule has 0 aliphatic rings. The number of nitrogens with one attached hydrogen (secondary N) is 1. The van der Waals surface area contributed by atoms with Crippen LogP contribution in [0, 0.1) is 6.92 Å². The molecular formula is C21H22ClF3N2O3. The summed E-state index contributed by atoms with van der Waals surface area (Å²) in [4.78, 5) is 28.6. The van der Waals surface area contributed by atoms with Gasteiger partial charge in [0.05, 0.1) is 11.1 Å². The Balaban J connectivity index is 2.10. The number of ether oxygens (including phenoxy) is 1. The number of alkyl halides is 3. The van der Waals surface area contributed by atoms with Gasteiger partial charge in [0.25, 0.3) is 5.91 Å². The van der Waals surface area contributed by atoms with Gasteiger partial charge < -0.3 is 10.1 Å². The summed E-state index contributed by atoms with van der Waals surface area (Å²) in [6, 6.07) is 7.03. The molecule has 1 aromatic carbocycles. The number of nitrogens with zero attached hydrogens (tertiary/aromatic N) is 1. The molecule has 0 saturated heterocycles. The highest BCUT2D eigenvalue weighted by molar-refractivity contribution is 6.32. The fraction of sp³-hybridized carbons (Fsp3) is 0.381. The number of ketones is 1. The van der Waals surface area contributed by atoms with Crippen LogP contribution in [0.25, 0.3) is 0 Å². The van der Waals surface area contributed by atoms with E-state index >= 15 is 0 Å². The molecule has 2 aromatic rings. The average Bonchev–Trinajstić information content (AvgIpc) is 2.65. The number of benzene rings is 1. The Morgan fingerprint density at radius 2 is 1.93 bits per heavy atom. The van der Waals surface area contributed by atoms with Gasteiger partial charge in [-0.3, -0.25) is 14.6 Å². The predicted molar refractivity (Wildman–Crippen MR) is 107 cm³/mol. The van der Waals surface area contributed by atoms with E-state index in [1.807, 2.05) is 0 Å². The minimum atomic E-state index is -4.47. The predicted octanol–water partition coefficient (Wildman–Crippen LogP) is 5.00. The zero-order valence-electron chi connectivity index (χ0n) is 16.8. The van der Waals surface area contributed by atoms with Gasteiger partial charge in [0.2, 0.25) is 0 Å². The van der Waals surface area contributed by atoms with Crippen LogP contribution in [0.3, 0.4) is 0 Å². The maximum atomic E-state index is 12.6. The van der Waals surface area contributed by atoms with Crippen LogP contribution in [0.15, 0.2) is 30.3 Å². The summed E-state index contributed by atoms with van der Waals surface area (Å²) >= 11 is 6.01. The topological polar surface area (TPSA) is 68.3 Å².